The van der Waals surface area contributed by atoms with Gasteiger partial charge >= 0.3 is 0 Å². The summed E-state index contributed by atoms with van der Waals surface area (Å²) in [5.74, 6) is 0.538. The topological polar surface area (TPSA) is 20.2 Å². The molecule has 0 fully saturated rings. The van der Waals surface area contributed by atoms with Crippen LogP contribution in [-0.4, -0.2) is 11.2 Å². The molecule has 0 aromatic heterocycles. The highest BCUT2D eigenvalue weighted by Gasteiger charge is 2.04. The van der Waals surface area contributed by atoms with Crippen molar-refractivity contribution in [2.24, 2.45) is 5.92 Å². The van der Waals surface area contributed by atoms with Gasteiger partial charge in [-0.25, -0.2) is 0 Å². The molecular weight excluding hydrogens is 184 g/mol. The van der Waals surface area contributed by atoms with E-state index in [9.17, 15) is 5.11 Å². The molecule has 0 amide bonds. The number of aliphatic hydroxyl groups excluding tert-OH is 1. The zero-order valence-corrected chi connectivity index (χ0v) is 10.9. The fourth-order valence-electron chi connectivity index (χ4n) is 1.42. The van der Waals surface area contributed by atoms with Crippen LogP contribution in [0, 0.1) is 5.92 Å². The van der Waals surface area contributed by atoms with E-state index in [4.69, 9.17) is 0 Å². The van der Waals surface area contributed by atoms with Crippen molar-refractivity contribution in [1.29, 1.82) is 0 Å². The van der Waals surface area contributed by atoms with Gasteiger partial charge < -0.3 is 5.11 Å². The molecule has 0 aliphatic heterocycles. The van der Waals surface area contributed by atoms with Crippen molar-refractivity contribution in [3.63, 3.8) is 0 Å². The van der Waals surface area contributed by atoms with Crippen molar-refractivity contribution < 1.29 is 5.11 Å². The molecular formula is C14H26O. The fraction of sp³-hybridized carbons (Fsp3) is 0.786. The number of hydrogen-bond acceptors (Lipinski definition) is 1. The lowest BCUT2D eigenvalue weighted by Gasteiger charge is -2.09. The molecule has 0 saturated heterocycles. The van der Waals surface area contributed by atoms with Crippen LogP contribution < -0.4 is 0 Å². The average Bonchev–Trinajstić information content (AvgIpc) is 2.15. The van der Waals surface area contributed by atoms with E-state index < -0.39 is 0 Å². The Morgan fingerprint density at radius 1 is 1.20 bits per heavy atom. The number of rotatable bonds is 6. The molecule has 1 heteroatoms. The summed E-state index contributed by atoms with van der Waals surface area (Å²) < 4.78 is 0. The third kappa shape index (κ3) is 6.54. The zero-order valence-electron chi connectivity index (χ0n) is 10.9. The van der Waals surface area contributed by atoms with E-state index in [0.29, 0.717) is 5.92 Å². The highest BCUT2D eigenvalue weighted by atomic mass is 16.3. The van der Waals surface area contributed by atoms with E-state index in [1.54, 1.807) is 6.92 Å². The van der Waals surface area contributed by atoms with Gasteiger partial charge in [-0.15, -0.1) is 5.73 Å². The maximum absolute atomic E-state index is 9.41. The van der Waals surface area contributed by atoms with Gasteiger partial charge in [0.05, 0.1) is 6.10 Å². The minimum absolute atomic E-state index is 0.370. The molecule has 15 heavy (non-hydrogen) atoms. The third-order valence-electron chi connectivity index (χ3n) is 2.73. The normalized spacial score (nSPS) is 12.5. The van der Waals surface area contributed by atoms with Crippen molar-refractivity contribution in [2.45, 2.75) is 66.4 Å². The molecule has 0 spiro atoms. The Morgan fingerprint density at radius 2 is 1.80 bits per heavy atom. The maximum Gasteiger partial charge on any atom is 0.0792 e. The molecule has 0 saturated carbocycles. The summed E-state index contributed by atoms with van der Waals surface area (Å²) in [5.41, 5.74) is 5.66. The Bertz CT molecular complexity index is 230. The second-order valence-electron chi connectivity index (χ2n) is 4.62. The van der Waals surface area contributed by atoms with Gasteiger partial charge in [0, 0.05) is 0 Å². The van der Waals surface area contributed by atoms with E-state index in [-0.39, 0.29) is 6.10 Å². The smallest absolute Gasteiger partial charge is 0.0792 e. The van der Waals surface area contributed by atoms with E-state index in [0.717, 1.165) is 12.0 Å². The van der Waals surface area contributed by atoms with Crippen LogP contribution in [-0.2, 0) is 0 Å². The van der Waals surface area contributed by atoms with Crippen LogP contribution in [0.15, 0.2) is 16.9 Å². The molecule has 0 aromatic rings. The molecule has 1 atom stereocenters. The molecule has 0 aromatic carbocycles. The quantitative estimate of drug-likeness (QED) is 0.517. The molecule has 0 aliphatic rings. The average molecular weight is 210 g/mol. The van der Waals surface area contributed by atoms with Gasteiger partial charge in [0.15, 0.2) is 0 Å². The third-order valence-corrected chi connectivity index (χ3v) is 2.73. The first-order valence-electron chi connectivity index (χ1n) is 6.13. The predicted octanol–water partition coefficient (Wildman–Crippen LogP) is 4.08. The van der Waals surface area contributed by atoms with Gasteiger partial charge in [-0.1, -0.05) is 33.6 Å². The lowest BCUT2D eigenvalue weighted by Crippen LogP contribution is -2.01. The van der Waals surface area contributed by atoms with Crippen molar-refractivity contribution in [2.75, 3.05) is 0 Å². The van der Waals surface area contributed by atoms with Crippen LogP contribution in [0.3, 0.4) is 0 Å². The first-order chi connectivity index (χ1) is 6.99. The lowest BCUT2D eigenvalue weighted by molar-refractivity contribution is 0.231. The molecule has 0 aliphatic carbocycles. The van der Waals surface area contributed by atoms with E-state index >= 15 is 0 Å². The Hall–Kier alpha value is -0.520. The van der Waals surface area contributed by atoms with Crippen LogP contribution in [0.1, 0.15) is 60.3 Å². The second-order valence-corrected chi connectivity index (χ2v) is 4.62. The summed E-state index contributed by atoms with van der Waals surface area (Å²) in [6.07, 6.45) is 4.53. The molecule has 0 heterocycles. The van der Waals surface area contributed by atoms with E-state index in [1.807, 2.05) is 6.92 Å². The SMILES string of the molecule is CCCCCC(=C=C(C)[C@@H](C)O)C(C)C. The molecule has 0 bridgehead atoms. The summed E-state index contributed by atoms with van der Waals surface area (Å²) in [5, 5.41) is 9.41. The predicted molar refractivity (Wildman–Crippen MR) is 66.9 cm³/mol. The van der Waals surface area contributed by atoms with Crippen LogP contribution in [0.4, 0.5) is 0 Å². The van der Waals surface area contributed by atoms with Crippen molar-refractivity contribution in [3.8, 4) is 0 Å². The second kappa shape index (κ2) is 7.73. The number of aliphatic hydroxyl groups is 1. The Balaban J connectivity index is 4.58. The van der Waals surface area contributed by atoms with Gasteiger partial charge in [0.1, 0.15) is 0 Å². The number of unbranched alkanes of at least 4 members (excludes halogenated alkanes) is 2. The molecule has 0 radical (unpaired) electrons. The van der Waals surface area contributed by atoms with Crippen LogP contribution in [0.5, 0.6) is 0 Å². The number of hydrogen-bond donors (Lipinski definition) is 1. The Labute approximate surface area is 94.9 Å². The molecule has 1 N–H and O–H groups in total. The molecule has 0 rings (SSSR count). The van der Waals surface area contributed by atoms with E-state index in [2.05, 4.69) is 26.5 Å². The van der Waals surface area contributed by atoms with Crippen molar-refractivity contribution in [3.05, 3.63) is 16.9 Å². The minimum Gasteiger partial charge on any atom is -0.388 e. The zero-order chi connectivity index (χ0) is 11.8. The van der Waals surface area contributed by atoms with Crippen molar-refractivity contribution >= 4 is 0 Å². The highest BCUT2D eigenvalue weighted by Crippen LogP contribution is 2.17. The standard InChI is InChI=1S/C14H26O/c1-6-7-8-9-14(11(2)3)10-12(4)13(5)15/h11,13,15H,6-9H2,1-5H3/t10?,13-/m1/s1. The van der Waals surface area contributed by atoms with Crippen LogP contribution in [0.25, 0.3) is 0 Å². The molecule has 88 valence electrons. The Morgan fingerprint density at radius 3 is 2.20 bits per heavy atom. The maximum atomic E-state index is 9.41. The van der Waals surface area contributed by atoms with Crippen molar-refractivity contribution in [1.82, 2.24) is 0 Å². The Kier molecular flexibility index (Phi) is 7.46. The summed E-state index contributed by atoms with van der Waals surface area (Å²) in [6.45, 7) is 10.4. The molecule has 1 nitrogen and oxygen atoms in total. The molecule has 0 unspecified atom stereocenters. The van der Waals surface area contributed by atoms with Gasteiger partial charge in [-0.3, -0.25) is 0 Å². The highest BCUT2D eigenvalue weighted by molar-refractivity contribution is 5.12. The van der Waals surface area contributed by atoms with Gasteiger partial charge in [0.2, 0.25) is 0 Å². The van der Waals surface area contributed by atoms with Gasteiger partial charge in [-0.05, 0) is 43.8 Å². The summed E-state index contributed by atoms with van der Waals surface area (Å²) >= 11 is 0. The lowest BCUT2D eigenvalue weighted by atomic mass is 9.96. The van der Waals surface area contributed by atoms with Crippen LogP contribution >= 0.6 is 0 Å². The first kappa shape index (κ1) is 14.5. The monoisotopic (exact) mass is 210 g/mol. The summed E-state index contributed by atoms with van der Waals surface area (Å²) in [7, 11) is 0. The first-order valence-corrected chi connectivity index (χ1v) is 6.13. The van der Waals surface area contributed by atoms with E-state index in [1.165, 1.54) is 24.8 Å². The summed E-state index contributed by atoms with van der Waals surface area (Å²) in [4.78, 5) is 0. The van der Waals surface area contributed by atoms with Crippen LogP contribution in [0.2, 0.25) is 0 Å². The van der Waals surface area contributed by atoms with Gasteiger partial charge in [0.25, 0.3) is 0 Å². The fourth-order valence-corrected chi connectivity index (χ4v) is 1.42. The summed E-state index contributed by atoms with van der Waals surface area (Å²) in [6, 6.07) is 0. The minimum atomic E-state index is -0.370. The largest absolute Gasteiger partial charge is 0.388 e. The van der Waals surface area contributed by atoms with Gasteiger partial charge in [-0.2, -0.15) is 0 Å².